The molecule has 4 nitrogen and oxygen atoms in total. The molecule has 0 aliphatic rings. The van der Waals surface area contributed by atoms with Gasteiger partial charge >= 0.3 is 11.9 Å². The lowest BCUT2D eigenvalue weighted by atomic mass is 9.79. The van der Waals surface area contributed by atoms with Gasteiger partial charge in [-0.2, -0.15) is 0 Å². The van der Waals surface area contributed by atoms with Crippen molar-refractivity contribution in [3.05, 3.63) is 35.4 Å². The number of aliphatic carboxylic acids is 2. The molecule has 20 heavy (non-hydrogen) atoms. The lowest BCUT2D eigenvalue weighted by Crippen LogP contribution is -2.24. The molecule has 0 bridgehead atoms. The largest absolute Gasteiger partial charge is 0.481 e. The third-order valence-electron chi connectivity index (χ3n) is 3.53. The molecule has 0 saturated heterocycles. The van der Waals surface area contributed by atoms with E-state index in [1.807, 2.05) is 27.7 Å². The van der Waals surface area contributed by atoms with Gasteiger partial charge in [0.25, 0.3) is 0 Å². The topological polar surface area (TPSA) is 74.6 Å². The van der Waals surface area contributed by atoms with Crippen molar-refractivity contribution in [1.29, 1.82) is 0 Å². The summed E-state index contributed by atoms with van der Waals surface area (Å²) in [4.78, 5) is 23.0. The summed E-state index contributed by atoms with van der Waals surface area (Å²) in [6.45, 7) is 7.34. The van der Waals surface area contributed by atoms with Crippen molar-refractivity contribution in [3.8, 4) is 0 Å². The molecular formula is C16H22O4. The Kier molecular flexibility index (Phi) is 5.31. The molecule has 0 heterocycles. The fourth-order valence-corrected chi connectivity index (χ4v) is 2.63. The zero-order chi connectivity index (χ0) is 15.4. The summed E-state index contributed by atoms with van der Waals surface area (Å²) in [5.74, 6) is -3.41. The van der Waals surface area contributed by atoms with Crippen molar-refractivity contribution in [1.82, 2.24) is 0 Å². The van der Waals surface area contributed by atoms with E-state index in [-0.39, 0.29) is 11.8 Å². The molecule has 1 rings (SSSR count). The Hall–Kier alpha value is -1.84. The van der Waals surface area contributed by atoms with Crippen molar-refractivity contribution in [2.45, 2.75) is 39.5 Å². The summed E-state index contributed by atoms with van der Waals surface area (Å²) >= 11 is 0. The molecule has 0 fully saturated rings. The highest BCUT2D eigenvalue weighted by atomic mass is 16.4. The summed E-state index contributed by atoms with van der Waals surface area (Å²) in [6.07, 6.45) is 0. The van der Waals surface area contributed by atoms with Gasteiger partial charge in [-0.1, -0.05) is 52.0 Å². The molecule has 0 aliphatic carbocycles. The van der Waals surface area contributed by atoms with Gasteiger partial charge in [0.05, 0.1) is 11.8 Å². The van der Waals surface area contributed by atoms with Crippen LogP contribution in [0.4, 0.5) is 0 Å². The first-order chi connectivity index (χ1) is 9.27. The fraction of sp³-hybridized carbons (Fsp3) is 0.500. The summed E-state index contributed by atoms with van der Waals surface area (Å²) in [6, 6.07) is 6.98. The normalized spacial score (nSPS) is 14.3. The van der Waals surface area contributed by atoms with Crippen LogP contribution in [0.2, 0.25) is 0 Å². The minimum Gasteiger partial charge on any atom is -0.481 e. The Balaban J connectivity index is 3.42. The van der Waals surface area contributed by atoms with E-state index < -0.39 is 23.8 Å². The highest BCUT2D eigenvalue weighted by Gasteiger charge is 2.32. The summed E-state index contributed by atoms with van der Waals surface area (Å²) in [7, 11) is 0. The van der Waals surface area contributed by atoms with Crippen LogP contribution in [0.5, 0.6) is 0 Å². The van der Waals surface area contributed by atoms with Gasteiger partial charge in [0.1, 0.15) is 0 Å². The van der Waals surface area contributed by atoms with Crippen molar-refractivity contribution in [2.24, 2.45) is 11.8 Å². The van der Waals surface area contributed by atoms with E-state index in [4.69, 9.17) is 0 Å². The van der Waals surface area contributed by atoms with E-state index in [1.54, 1.807) is 24.3 Å². The second-order valence-electron chi connectivity index (χ2n) is 5.75. The molecule has 0 spiro atoms. The van der Waals surface area contributed by atoms with Gasteiger partial charge in [-0.25, -0.2) is 0 Å². The lowest BCUT2D eigenvalue weighted by molar-refractivity contribution is -0.141. The summed E-state index contributed by atoms with van der Waals surface area (Å²) in [5, 5.41) is 18.9. The Morgan fingerprint density at radius 1 is 0.800 bits per heavy atom. The lowest BCUT2D eigenvalue weighted by Gasteiger charge is -2.25. The first kappa shape index (κ1) is 16.2. The Bertz CT molecular complexity index is 446. The van der Waals surface area contributed by atoms with Gasteiger partial charge in [-0.3, -0.25) is 9.59 Å². The number of benzene rings is 1. The number of carbonyl (C=O) groups is 2. The fourth-order valence-electron chi connectivity index (χ4n) is 2.63. The average molecular weight is 278 g/mol. The van der Waals surface area contributed by atoms with E-state index in [0.29, 0.717) is 11.1 Å². The van der Waals surface area contributed by atoms with Crippen molar-refractivity contribution in [2.75, 3.05) is 0 Å². The van der Waals surface area contributed by atoms with Crippen LogP contribution in [-0.4, -0.2) is 22.2 Å². The number of carboxylic acids is 2. The predicted molar refractivity (Wildman–Crippen MR) is 76.9 cm³/mol. The van der Waals surface area contributed by atoms with Crippen LogP contribution in [-0.2, 0) is 9.59 Å². The molecule has 1 aromatic carbocycles. The van der Waals surface area contributed by atoms with E-state index in [0.717, 1.165) is 0 Å². The van der Waals surface area contributed by atoms with E-state index in [2.05, 4.69) is 0 Å². The van der Waals surface area contributed by atoms with Crippen LogP contribution >= 0.6 is 0 Å². The molecular weight excluding hydrogens is 256 g/mol. The summed E-state index contributed by atoms with van der Waals surface area (Å²) in [5.41, 5.74) is 1.22. The zero-order valence-electron chi connectivity index (χ0n) is 12.3. The maximum absolute atomic E-state index is 11.5. The molecule has 2 N–H and O–H groups in total. The zero-order valence-corrected chi connectivity index (χ0v) is 12.3. The van der Waals surface area contributed by atoms with E-state index in [9.17, 15) is 19.8 Å². The average Bonchev–Trinajstić information content (AvgIpc) is 2.29. The molecule has 4 heteroatoms. The van der Waals surface area contributed by atoms with Crippen LogP contribution in [0, 0.1) is 11.8 Å². The molecule has 0 aliphatic heterocycles. The van der Waals surface area contributed by atoms with Crippen LogP contribution in [0.3, 0.4) is 0 Å². The minimum absolute atomic E-state index is 0.102. The van der Waals surface area contributed by atoms with E-state index >= 15 is 0 Å². The second kappa shape index (κ2) is 6.55. The van der Waals surface area contributed by atoms with Gasteiger partial charge in [0.2, 0.25) is 0 Å². The van der Waals surface area contributed by atoms with Crippen LogP contribution in [0.1, 0.15) is 50.7 Å². The van der Waals surface area contributed by atoms with Crippen molar-refractivity contribution in [3.63, 3.8) is 0 Å². The van der Waals surface area contributed by atoms with Crippen molar-refractivity contribution < 1.29 is 19.8 Å². The van der Waals surface area contributed by atoms with Gasteiger partial charge in [0.15, 0.2) is 0 Å². The predicted octanol–water partition coefficient (Wildman–Crippen LogP) is 3.34. The second-order valence-corrected chi connectivity index (χ2v) is 5.75. The van der Waals surface area contributed by atoms with Crippen LogP contribution in [0.25, 0.3) is 0 Å². The molecule has 0 aromatic heterocycles. The van der Waals surface area contributed by atoms with Gasteiger partial charge in [-0.05, 0) is 23.0 Å². The monoisotopic (exact) mass is 278 g/mol. The Morgan fingerprint density at radius 3 is 1.30 bits per heavy atom. The third kappa shape index (κ3) is 3.38. The number of hydrogen-bond donors (Lipinski definition) is 2. The molecule has 0 saturated carbocycles. The first-order valence-corrected chi connectivity index (χ1v) is 6.81. The van der Waals surface area contributed by atoms with E-state index in [1.165, 1.54) is 0 Å². The highest BCUT2D eigenvalue weighted by Crippen LogP contribution is 2.34. The Morgan fingerprint density at radius 2 is 1.10 bits per heavy atom. The van der Waals surface area contributed by atoms with Gasteiger partial charge in [-0.15, -0.1) is 0 Å². The quantitative estimate of drug-likeness (QED) is 0.837. The number of rotatable bonds is 6. The minimum atomic E-state index is -0.916. The van der Waals surface area contributed by atoms with Crippen molar-refractivity contribution >= 4 is 11.9 Å². The van der Waals surface area contributed by atoms with Crippen LogP contribution < -0.4 is 0 Å². The first-order valence-electron chi connectivity index (χ1n) is 6.81. The SMILES string of the molecule is CC(C)C(C(=O)O)c1ccccc1C(C(=O)O)C(C)C. The smallest absolute Gasteiger partial charge is 0.311 e. The standard InChI is InChI=1S/C16H22O4/c1-9(2)13(15(17)18)11-7-5-6-8-12(11)14(10(3)4)16(19)20/h5-10,13-14H,1-4H3,(H,17,18)(H,19,20). The molecule has 0 radical (unpaired) electrons. The molecule has 1 aromatic rings. The maximum Gasteiger partial charge on any atom is 0.311 e. The highest BCUT2D eigenvalue weighted by molar-refractivity contribution is 5.81. The molecule has 0 amide bonds. The van der Waals surface area contributed by atoms with Crippen LogP contribution in [0.15, 0.2) is 24.3 Å². The Labute approximate surface area is 119 Å². The molecule has 110 valence electrons. The molecule has 2 atom stereocenters. The van der Waals surface area contributed by atoms with Gasteiger partial charge in [0, 0.05) is 0 Å². The maximum atomic E-state index is 11.5. The number of carboxylic acid groups (broad SMARTS) is 2. The molecule has 2 unspecified atom stereocenters. The number of hydrogen-bond acceptors (Lipinski definition) is 2. The third-order valence-corrected chi connectivity index (χ3v) is 3.53. The summed E-state index contributed by atoms with van der Waals surface area (Å²) < 4.78 is 0. The van der Waals surface area contributed by atoms with Gasteiger partial charge < -0.3 is 10.2 Å².